The van der Waals surface area contributed by atoms with Crippen molar-refractivity contribution in [3.05, 3.63) is 41.6 Å². The predicted molar refractivity (Wildman–Crippen MR) is 161 cm³/mol. The minimum absolute atomic E-state index is 0. The number of carbonyl (C=O) groups excluding carboxylic acids is 2. The second kappa shape index (κ2) is 17.3. The number of esters is 2. The van der Waals surface area contributed by atoms with Gasteiger partial charge >= 0.3 is 11.9 Å². The second-order valence-corrected chi connectivity index (χ2v) is 12.1. The molecule has 8 nitrogen and oxygen atoms in total. The summed E-state index contributed by atoms with van der Waals surface area (Å²) >= 11 is 1.17. The summed E-state index contributed by atoms with van der Waals surface area (Å²) < 4.78 is 27.5. The average molecular weight is 712 g/mol. The highest BCUT2D eigenvalue weighted by Gasteiger charge is 2.38. The van der Waals surface area contributed by atoms with E-state index >= 15 is 0 Å². The van der Waals surface area contributed by atoms with Gasteiger partial charge in [-0.2, -0.15) is 4.37 Å². The van der Waals surface area contributed by atoms with Crippen molar-refractivity contribution in [2.45, 2.75) is 97.1 Å². The molecule has 42 heavy (non-hydrogen) atoms. The van der Waals surface area contributed by atoms with Crippen LogP contribution in [0.3, 0.4) is 0 Å². The quantitative estimate of drug-likeness (QED) is 0.0971. The summed E-state index contributed by atoms with van der Waals surface area (Å²) in [6, 6.07) is 7.29. The van der Waals surface area contributed by atoms with Crippen molar-refractivity contribution in [2.24, 2.45) is 5.92 Å². The van der Waals surface area contributed by atoms with Crippen molar-refractivity contribution in [3.8, 4) is 11.6 Å². The molecule has 1 aliphatic carbocycles. The van der Waals surface area contributed by atoms with Gasteiger partial charge in [0.05, 0.1) is 44.3 Å². The molecule has 0 saturated heterocycles. The van der Waals surface area contributed by atoms with Crippen molar-refractivity contribution >= 4 is 29.2 Å². The van der Waals surface area contributed by atoms with E-state index in [1.165, 1.54) is 31.0 Å². The Labute approximate surface area is 272 Å². The highest BCUT2D eigenvalue weighted by atomic mass is 127. The van der Waals surface area contributed by atoms with Crippen LogP contribution in [0.1, 0.15) is 95.7 Å². The summed E-state index contributed by atoms with van der Waals surface area (Å²) in [6.45, 7) is 6.43. The van der Waals surface area contributed by atoms with Crippen LogP contribution in [0.5, 0.6) is 11.6 Å². The van der Waals surface area contributed by atoms with Gasteiger partial charge in [-0.3, -0.25) is 14.1 Å². The number of hydrogen-bond donors (Lipinski definition) is 0. The first-order valence-electron chi connectivity index (χ1n) is 15.4. The largest absolute Gasteiger partial charge is 1.00 e. The van der Waals surface area contributed by atoms with Gasteiger partial charge < -0.3 is 38.2 Å². The molecule has 232 valence electrons. The maximum atomic E-state index is 13.2. The Hall–Kier alpha value is -2.05. The normalized spacial score (nSPS) is 19.7. The summed E-state index contributed by atoms with van der Waals surface area (Å²) in [7, 11) is 2.14. The summed E-state index contributed by atoms with van der Waals surface area (Å²) in [4.78, 5) is 26.0. The van der Waals surface area contributed by atoms with Crippen LogP contribution in [0.15, 0.2) is 30.3 Å². The zero-order valence-corrected chi connectivity index (χ0v) is 28.3. The number of benzene rings is 1. The molecular formula is C32H46IN3O5S. The van der Waals surface area contributed by atoms with Crippen LogP contribution in [0, 0.1) is 5.92 Å². The predicted octanol–water partition coefficient (Wildman–Crippen LogP) is 3.74. The first-order valence-corrected chi connectivity index (χ1v) is 16.1. The van der Waals surface area contributed by atoms with Crippen LogP contribution >= 0.6 is 11.7 Å². The van der Waals surface area contributed by atoms with E-state index in [4.69, 9.17) is 14.2 Å². The number of aromatic nitrogens is 2. The van der Waals surface area contributed by atoms with Crippen molar-refractivity contribution in [3.63, 3.8) is 0 Å². The molecule has 0 bridgehead atoms. The molecule has 0 radical (unpaired) electrons. The Bertz CT molecular complexity index is 1180. The van der Waals surface area contributed by atoms with E-state index in [-0.39, 0.29) is 54.5 Å². The molecule has 2 atom stereocenters. The van der Waals surface area contributed by atoms with Gasteiger partial charge in [0.1, 0.15) is 18.0 Å². The summed E-state index contributed by atoms with van der Waals surface area (Å²) in [5, 5.41) is 0. The first-order chi connectivity index (χ1) is 19.9. The van der Waals surface area contributed by atoms with E-state index in [1.807, 2.05) is 18.2 Å². The standard InChI is InChI=1S/C32H46N3O5S.HI/c1-4-6-7-13-21-38-31-30(33-41-34-31)26-18-14-20-35(3,23-26)28(5-2)40-29(36)22-25-17-11-12-19-27(25)39-32(37)24-15-9-8-10-16-24;/h11-12,17-19,24,28H,4-10,13-16,20-23H2,1-3H3;1H/q+1;/p-1. The molecule has 1 saturated carbocycles. The lowest BCUT2D eigenvalue weighted by Gasteiger charge is -2.42. The molecular weight excluding hydrogens is 665 g/mol. The zero-order valence-electron chi connectivity index (χ0n) is 25.3. The Morgan fingerprint density at radius 1 is 1.07 bits per heavy atom. The number of unbranched alkanes of at least 4 members (excludes halogenated alkanes) is 3. The fraction of sp³-hybridized carbons (Fsp3) is 0.625. The van der Waals surface area contributed by atoms with Gasteiger partial charge in [-0.05, 0) is 25.3 Å². The minimum atomic E-state index is -0.320. The first kappa shape index (κ1) is 34.4. The number of quaternary nitrogens is 1. The fourth-order valence-electron chi connectivity index (χ4n) is 5.93. The number of halogens is 1. The molecule has 0 spiro atoms. The lowest BCUT2D eigenvalue weighted by Crippen LogP contribution is -3.00. The Balaban J connectivity index is 0.00000484. The maximum Gasteiger partial charge on any atom is 0.314 e. The Morgan fingerprint density at radius 2 is 1.86 bits per heavy atom. The van der Waals surface area contributed by atoms with E-state index < -0.39 is 0 Å². The van der Waals surface area contributed by atoms with Crippen LogP contribution < -0.4 is 33.5 Å². The summed E-state index contributed by atoms with van der Waals surface area (Å²) in [5.74, 6) is 0.493. The van der Waals surface area contributed by atoms with Crippen molar-refractivity contribution < 1.29 is 52.3 Å². The smallest absolute Gasteiger partial charge is 0.314 e. The van der Waals surface area contributed by atoms with E-state index in [1.54, 1.807) is 6.07 Å². The van der Waals surface area contributed by atoms with Gasteiger partial charge in [-0.25, -0.2) is 0 Å². The van der Waals surface area contributed by atoms with E-state index in [0.717, 1.165) is 62.8 Å². The third-order valence-electron chi connectivity index (χ3n) is 8.33. The lowest BCUT2D eigenvalue weighted by atomic mass is 9.89. The van der Waals surface area contributed by atoms with Crippen molar-refractivity contribution in [2.75, 3.05) is 26.7 Å². The monoisotopic (exact) mass is 711 g/mol. The molecule has 2 aliphatic rings. The van der Waals surface area contributed by atoms with Crippen molar-refractivity contribution in [1.29, 1.82) is 0 Å². The van der Waals surface area contributed by atoms with Gasteiger partial charge in [0.15, 0.2) is 0 Å². The minimum Gasteiger partial charge on any atom is -1.00 e. The van der Waals surface area contributed by atoms with Gasteiger partial charge in [0.25, 0.3) is 5.88 Å². The Morgan fingerprint density at radius 3 is 2.62 bits per heavy atom. The Kier molecular flexibility index (Phi) is 14.2. The summed E-state index contributed by atoms with van der Waals surface area (Å²) in [5.41, 5.74) is 2.57. The molecule has 2 unspecified atom stereocenters. The lowest BCUT2D eigenvalue weighted by molar-refractivity contribution is -0.947. The van der Waals surface area contributed by atoms with Crippen LogP contribution in [-0.2, 0) is 20.7 Å². The van der Waals surface area contributed by atoms with Crippen LogP contribution in [-0.4, -0.2) is 58.1 Å². The molecule has 4 rings (SSSR count). The SMILES string of the molecule is CCCCCCOc1nsnc1C1=CCC[N+](C)(C(CC)OC(=O)Cc2ccccc2OC(=O)C2CCCCC2)C1.[I-]. The molecule has 0 amide bonds. The number of likely N-dealkylation sites (N-methyl/N-ethyl adjacent to an activating group) is 1. The topological polar surface area (TPSA) is 87.6 Å². The fourth-order valence-corrected chi connectivity index (χ4v) is 6.46. The van der Waals surface area contributed by atoms with Crippen LogP contribution in [0.25, 0.3) is 5.57 Å². The zero-order chi connectivity index (χ0) is 29.1. The van der Waals surface area contributed by atoms with Crippen LogP contribution in [0.2, 0.25) is 0 Å². The average Bonchev–Trinajstić information content (AvgIpc) is 3.46. The molecule has 10 heteroatoms. The summed E-state index contributed by atoms with van der Waals surface area (Å²) in [6.07, 6.45) is 13.1. The number of nitrogens with zero attached hydrogens (tertiary/aromatic N) is 3. The number of carbonyl (C=O) groups is 2. The molecule has 1 fully saturated rings. The van der Waals surface area contributed by atoms with E-state index in [0.29, 0.717) is 41.2 Å². The van der Waals surface area contributed by atoms with Gasteiger partial charge in [0.2, 0.25) is 6.23 Å². The highest BCUT2D eigenvalue weighted by Crippen LogP contribution is 2.33. The third-order valence-corrected chi connectivity index (χ3v) is 8.84. The van der Waals surface area contributed by atoms with E-state index in [2.05, 4.69) is 35.7 Å². The molecule has 1 aromatic carbocycles. The van der Waals surface area contributed by atoms with Gasteiger partial charge in [0, 0.05) is 24.0 Å². The molecule has 0 N–H and O–H groups in total. The molecule has 1 aliphatic heterocycles. The molecule has 1 aromatic heterocycles. The maximum absolute atomic E-state index is 13.2. The number of ether oxygens (including phenoxy) is 3. The van der Waals surface area contributed by atoms with Gasteiger partial charge in [-0.1, -0.05) is 76.6 Å². The molecule has 2 heterocycles. The second-order valence-electron chi connectivity index (χ2n) is 11.6. The van der Waals surface area contributed by atoms with Crippen molar-refractivity contribution in [1.82, 2.24) is 8.75 Å². The van der Waals surface area contributed by atoms with Gasteiger partial charge in [-0.15, -0.1) is 4.37 Å². The molecule has 2 aromatic rings. The number of para-hydroxylation sites is 1. The number of rotatable bonds is 14. The highest BCUT2D eigenvalue weighted by molar-refractivity contribution is 6.99. The van der Waals surface area contributed by atoms with Crippen LogP contribution in [0.4, 0.5) is 0 Å². The third kappa shape index (κ3) is 9.47. The number of hydrogen-bond acceptors (Lipinski definition) is 8. The van der Waals surface area contributed by atoms with E-state index in [9.17, 15) is 9.59 Å².